The van der Waals surface area contributed by atoms with E-state index in [1.54, 1.807) is 32.9 Å². The van der Waals surface area contributed by atoms with E-state index in [0.717, 1.165) is 5.56 Å². The van der Waals surface area contributed by atoms with Gasteiger partial charge in [0.25, 0.3) is 0 Å². The first kappa shape index (κ1) is 24.3. The van der Waals surface area contributed by atoms with E-state index in [1.165, 1.54) is 19.1 Å². The average Bonchev–Trinajstić information content (AvgIpc) is 3.00. The van der Waals surface area contributed by atoms with E-state index in [1.807, 2.05) is 6.92 Å². The molecule has 9 nitrogen and oxygen atoms in total. The third-order valence-corrected chi connectivity index (χ3v) is 6.11. The summed E-state index contributed by atoms with van der Waals surface area (Å²) < 4.78 is 37.0. The van der Waals surface area contributed by atoms with E-state index in [-0.39, 0.29) is 22.8 Å². The Morgan fingerprint density at radius 2 is 1.68 bits per heavy atom. The molecule has 2 N–H and O–H groups in total. The lowest BCUT2D eigenvalue weighted by Gasteiger charge is -2.13. The highest BCUT2D eigenvalue weighted by molar-refractivity contribution is 7.89. The van der Waals surface area contributed by atoms with Gasteiger partial charge in [0.15, 0.2) is 6.61 Å². The first-order valence-electron chi connectivity index (χ1n) is 9.63. The molecule has 0 saturated heterocycles. The fourth-order valence-corrected chi connectivity index (χ4v) is 4.13. The van der Waals surface area contributed by atoms with Gasteiger partial charge in [-0.1, -0.05) is 17.7 Å². The van der Waals surface area contributed by atoms with Crippen molar-refractivity contribution in [3.8, 4) is 0 Å². The van der Waals surface area contributed by atoms with E-state index < -0.39 is 40.4 Å². The smallest absolute Gasteiger partial charge is 0.340 e. The maximum Gasteiger partial charge on any atom is 0.340 e. The number of carbonyl (C=O) groups excluding carboxylic acids is 3. The molecular weight excluding hydrogens is 424 g/mol. The summed E-state index contributed by atoms with van der Waals surface area (Å²) in [6.45, 7) is 7.62. The highest BCUT2D eigenvalue weighted by atomic mass is 32.2. The molecule has 31 heavy (non-hydrogen) atoms. The Labute approximate surface area is 181 Å². The van der Waals surface area contributed by atoms with Crippen LogP contribution in [0.3, 0.4) is 0 Å². The number of Topliss-reactive ketones (excluding diaryl/α,β-unsaturated/α-hetero) is 1. The van der Waals surface area contributed by atoms with Crippen molar-refractivity contribution in [2.75, 3.05) is 13.2 Å². The highest BCUT2D eigenvalue weighted by Gasteiger charge is 2.26. The molecule has 1 aromatic heterocycles. The van der Waals surface area contributed by atoms with Crippen LogP contribution in [0.4, 0.5) is 0 Å². The number of aromatic nitrogens is 1. The fraction of sp³-hybridized carbons (Fsp3) is 0.381. The number of nitrogens with one attached hydrogen (secondary N) is 2. The summed E-state index contributed by atoms with van der Waals surface area (Å²) in [7, 11) is -3.93. The molecule has 2 aromatic rings. The topological polar surface area (TPSA) is 132 Å². The predicted molar refractivity (Wildman–Crippen MR) is 112 cm³/mol. The van der Waals surface area contributed by atoms with Crippen LogP contribution in [0, 0.1) is 20.8 Å². The van der Waals surface area contributed by atoms with E-state index in [2.05, 4.69) is 9.71 Å². The van der Waals surface area contributed by atoms with Crippen LogP contribution in [0.5, 0.6) is 0 Å². The molecule has 10 heteroatoms. The SMILES string of the molecule is CCOC(=O)c1c(C)[nH]c(C(=O)COC(=O)[C@H](C)NS(=O)(=O)c2ccc(C)cc2)c1C. The van der Waals surface area contributed by atoms with E-state index >= 15 is 0 Å². The van der Waals surface area contributed by atoms with Crippen LogP contribution < -0.4 is 4.72 Å². The number of aryl methyl sites for hydroxylation is 2. The van der Waals surface area contributed by atoms with Crippen molar-refractivity contribution in [2.45, 2.75) is 45.6 Å². The van der Waals surface area contributed by atoms with Gasteiger partial charge in [0, 0.05) is 5.69 Å². The number of hydrogen-bond donors (Lipinski definition) is 2. The summed E-state index contributed by atoms with van der Waals surface area (Å²) in [5.74, 6) is -2.02. The van der Waals surface area contributed by atoms with Gasteiger partial charge in [-0.15, -0.1) is 0 Å². The Bertz CT molecular complexity index is 1090. The number of benzene rings is 1. The van der Waals surface area contributed by atoms with E-state index in [9.17, 15) is 22.8 Å². The lowest BCUT2D eigenvalue weighted by atomic mass is 10.1. The second kappa shape index (κ2) is 9.88. The molecule has 1 heterocycles. The second-order valence-corrected chi connectivity index (χ2v) is 8.75. The maximum absolute atomic E-state index is 12.5. The number of rotatable bonds is 9. The average molecular weight is 451 g/mol. The van der Waals surface area contributed by atoms with Gasteiger partial charge in [-0.2, -0.15) is 4.72 Å². The zero-order chi connectivity index (χ0) is 23.3. The van der Waals surface area contributed by atoms with Gasteiger partial charge in [0.1, 0.15) is 6.04 Å². The normalized spacial score (nSPS) is 12.3. The van der Waals surface area contributed by atoms with Crippen molar-refractivity contribution >= 4 is 27.7 Å². The zero-order valence-corrected chi connectivity index (χ0v) is 18.9. The van der Waals surface area contributed by atoms with Crippen LogP contribution in [0.15, 0.2) is 29.2 Å². The molecule has 0 fully saturated rings. The Hall–Kier alpha value is -2.98. The fourth-order valence-electron chi connectivity index (χ4n) is 2.94. The van der Waals surface area contributed by atoms with Gasteiger partial charge >= 0.3 is 11.9 Å². The predicted octanol–water partition coefficient (Wildman–Crippen LogP) is 2.21. The first-order valence-corrected chi connectivity index (χ1v) is 11.1. The van der Waals surface area contributed by atoms with Crippen LogP contribution in [0.25, 0.3) is 0 Å². The number of carbonyl (C=O) groups is 3. The minimum absolute atomic E-state index is 0.0119. The first-order chi connectivity index (χ1) is 14.5. The van der Waals surface area contributed by atoms with Crippen molar-refractivity contribution in [1.29, 1.82) is 0 Å². The van der Waals surface area contributed by atoms with Gasteiger partial charge < -0.3 is 14.5 Å². The molecule has 1 atom stereocenters. The van der Waals surface area contributed by atoms with Crippen LogP contribution in [-0.2, 0) is 24.3 Å². The second-order valence-electron chi connectivity index (χ2n) is 7.03. The van der Waals surface area contributed by atoms with E-state index in [0.29, 0.717) is 11.3 Å². The number of aromatic amines is 1. The van der Waals surface area contributed by atoms with Crippen molar-refractivity contribution in [3.63, 3.8) is 0 Å². The molecule has 0 aliphatic heterocycles. The van der Waals surface area contributed by atoms with Crippen molar-refractivity contribution in [2.24, 2.45) is 0 Å². The summed E-state index contributed by atoms with van der Waals surface area (Å²) in [5, 5.41) is 0. The van der Waals surface area contributed by atoms with Gasteiger partial charge in [0.05, 0.1) is 22.8 Å². The maximum atomic E-state index is 12.5. The highest BCUT2D eigenvalue weighted by Crippen LogP contribution is 2.19. The molecule has 1 aromatic carbocycles. The third kappa shape index (κ3) is 5.80. The molecule has 0 amide bonds. The van der Waals surface area contributed by atoms with Gasteiger partial charge in [-0.25, -0.2) is 13.2 Å². The van der Waals surface area contributed by atoms with Crippen LogP contribution in [-0.4, -0.2) is 50.4 Å². The Morgan fingerprint density at radius 1 is 1.06 bits per heavy atom. The standard InChI is InChI=1S/C21H26N2O7S/c1-6-29-21(26)18-13(3)19(22-14(18)4)17(24)11-30-20(25)15(5)23-31(27,28)16-9-7-12(2)8-10-16/h7-10,15,22-23H,6,11H2,1-5H3/t15-/m0/s1. The Kier molecular flexibility index (Phi) is 7.75. The quantitative estimate of drug-likeness (QED) is 0.442. The van der Waals surface area contributed by atoms with Gasteiger partial charge in [0.2, 0.25) is 15.8 Å². The molecule has 0 unspecified atom stereocenters. The van der Waals surface area contributed by atoms with Crippen molar-refractivity contribution in [1.82, 2.24) is 9.71 Å². The number of ketones is 1. The number of ether oxygens (including phenoxy) is 2. The summed E-state index contributed by atoms with van der Waals surface area (Å²) in [6.07, 6.45) is 0. The van der Waals surface area contributed by atoms with Crippen LogP contribution in [0.1, 0.15) is 51.5 Å². The lowest BCUT2D eigenvalue weighted by Crippen LogP contribution is -2.40. The minimum Gasteiger partial charge on any atom is -0.462 e. The van der Waals surface area contributed by atoms with Crippen LogP contribution in [0.2, 0.25) is 0 Å². The Morgan fingerprint density at radius 3 is 2.26 bits per heavy atom. The number of H-pyrrole nitrogens is 1. The largest absolute Gasteiger partial charge is 0.462 e. The molecule has 168 valence electrons. The molecule has 0 aliphatic rings. The zero-order valence-electron chi connectivity index (χ0n) is 18.1. The Balaban J connectivity index is 2.02. The van der Waals surface area contributed by atoms with Gasteiger partial charge in [-0.3, -0.25) is 9.59 Å². The molecule has 2 rings (SSSR count). The number of sulfonamides is 1. The summed E-state index contributed by atoms with van der Waals surface area (Å²) in [6, 6.07) is 4.93. The van der Waals surface area contributed by atoms with Crippen molar-refractivity contribution in [3.05, 3.63) is 52.3 Å². The molecular formula is C21H26N2O7S. The molecule has 0 bridgehead atoms. The molecule has 0 aliphatic carbocycles. The number of hydrogen-bond acceptors (Lipinski definition) is 7. The monoisotopic (exact) mass is 450 g/mol. The number of esters is 2. The minimum atomic E-state index is -3.93. The van der Waals surface area contributed by atoms with Crippen molar-refractivity contribution < 1.29 is 32.3 Å². The molecule has 0 radical (unpaired) electrons. The van der Waals surface area contributed by atoms with Gasteiger partial charge in [-0.05, 0) is 52.3 Å². The lowest BCUT2D eigenvalue weighted by molar-refractivity contribution is -0.144. The summed E-state index contributed by atoms with van der Waals surface area (Å²) in [5.41, 5.74) is 2.14. The molecule has 0 saturated carbocycles. The van der Waals surface area contributed by atoms with E-state index in [4.69, 9.17) is 9.47 Å². The molecule has 0 spiro atoms. The summed E-state index contributed by atoms with van der Waals surface area (Å²) in [4.78, 5) is 39.6. The van der Waals surface area contributed by atoms with Crippen LogP contribution >= 0.6 is 0 Å². The summed E-state index contributed by atoms with van der Waals surface area (Å²) >= 11 is 0. The third-order valence-electron chi connectivity index (χ3n) is 4.56.